The van der Waals surface area contributed by atoms with Crippen LogP contribution >= 0.6 is 0 Å². The molecular formula is C37H54O8. The van der Waals surface area contributed by atoms with Crippen LogP contribution in [0.4, 0.5) is 0 Å². The van der Waals surface area contributed by atoms with E-state index < -0.39 is 40.2 Å². The SMILES string of the molecule is CC[C@@H](C)C(=O)O[C@@H]1C[C@]2(C)C(=CC[C@H]2[C@@H]2C[C@H]([C@@H]3OC3(C)C)O[C@@H]2O)[C@@]2(C)[C@H]1[C@@]1(C)C=CC(=O)C(C)(C)[C@@H]1C[C@H]2OC(C)=O. The molecule has 0 radical (unpaired) electrons. The van der Waals surface area contributed by atoms with Gasteiger partial charge in [-0.05, 0) is 74.7 Å². The van der Waals surface area contributed by atoms with Crippen molar-refractivity contribution in [3.63, 3.8) is 0 Å². The van der Waals surface area contributed by atoms with Crippen LogP contribution in [0.1, 0.15) is 101 Å². The third-order valence-corrected chi connectivity index (χ3v) is 13.6. The third kappa shape index (κ3) is 4.74. The number of esters is 2. The number of hydrogen-bond acceptors (Lipinski definition) is 8. The molecule has 0 unspecified atom stereocenters. The molecule has 13 atom stereocenters. The molecule has 45 heavy (non-hydrogen) atoms. The van der Waals surface area contributed by atoms with Gasteiger partial charge in [0.25, 0.3) is 0 Å². The smallest absolute Gasteiger partial charge is 0.308 e. The molecule has 4 fully saturated rings. The number of ketones is 1. The van der Waals surface area contributed by atoms with Gasteiger partial charge in [-0.15, -0.1) is 0 Å². The maximum Gasteiger partial charge on any atom is 0.308 e. The Bertz CT molecular complexity index is 1330. The standard InChI is InChI=1S/C37H54O8/c1-11-19(2)31(40)44-24-18-36(9)22(21-16-23(43-32(21)41)30-34(6,7)45-30)12-13-25(36)37(10)28(42-20(3)38)17-26-33(4,5)27(39)14-15-35(26,8)29(24)37/h13-15,19,21-24,26,28-30,32,41H,11-12,16-18H2,1-10H3/t19-,21+,22+,23-,24-,26+,28-,29-,30+,32+,35+,36+,37-/m1/s1. The molecule has 0 bridgehead atoms. The zero-order valence-electron chi connectivity index (χ0n) is 28.8. The summed E-state index contributed by atoms with van der Waals surface area (Å²) >= 11 is 0. The summed E-state index contributed by atoms with van der Waals surface area (Å²) in [5, 5.41) is 11.3. The number of allylic oxidation sites excluding steroid dienone is 3. The van der Waals surface area contributed by atoms with E-state index in [0.29, 0.717) is 25.7 Å². The highest BCUT2D eigenvalue weighted by Crippen LogP contribution is 2.73. The van der Waals surface area contributed by atoms with E-state index in [1.165, 1.54) is 12.5 Å². The van der Waals surface area contributed by atoms with Gasteiger partial charge in [0, 0.05) is 29.6 Å². The van der Waals surface area contributed by atoms with E-state index in [-0.39, 0.29) is 65.1 Å². The van der Waals surface area contributed by atoms with Crippen LogP contribution in [0.3, 0.4) is 0 Å². The lowest BCUT2D eigenvalue weighted by Crippen LogP contribution is -2.68. The van der Waals surface area contributed by atoms with E-state index in [4.69, 9.17) is 18.9 Å². The molecule has 0 amide bonds. The molecule has 2 saturated carbocycles. The maximum atomic E-state index is 13.6. The molecule has 2 saturated heterocycles. The van der Waals surface area contributed by atoms with Crippen LogP contribution in [0, 0.1) is 51.2 Å². The van der Waals surface area contributed by atoms with Crippen LogP contribution < -0.4 is 0 Å². The van der Waals surface area contributed by atoms with Crippen LogP contribution in [-0.2, 0) is 33.3 Å². The molecule has 0 aromatic carbocycles. The van der Waals surface area contributed by atoms with Gasteiger partial charge >= 0.3 is 11.9 Å². The van der Waals surface area contributed by atoms with Gasteiger partial charge in [0.1, 0.15) is 18.3 Å². The van der Waals surface area contributed by atoms with Crippen molar-refractivity contribution in [1.29, 1.82) is 0 Å². The van der Waals surface area contributed by atoms with Crippen molar-refractivity contribution in [2.24, 2.45) is 51.2 Å². The second kappa shape index (κ2) is 10.5. The molecule has 0 spiro atoms. The minimum atomic E-state index is -0.915. The fourth-order valence-electron chi connectivity index (χ4n) is 11.1. The lowest BCUT2D eigenvalue weighted by atomic mass is 9.37. The summed E-state index contributed by atoms with van der Waals surface area (Å²) in [5.74, 6) is -1.21. The van der Waals surface area contributed by atoms with Crippen LogP contribution in [0.2, 0.25) is 0 Å². The van der Waals surface area contributed by atoms with Crippen molar-refractivity contribution in [3.05, 3.63) is 23.8 Å². The van der Waals surface area contributed by atoms with E-state index in [0.717, 1.165) is 6.42 Å². The molecule has 4 aliphatic carbocycles. The fraction of sp³-hybridized carbons (Fsp3) is 0.811. The average Bonchev–Trinajstić information content (AvgIpc) is 3.22. The fourth-order valence-corrected chi connectivity index (χ4v) is 11.1. The number of carbonyl (C=O) groups is 3. The van der Waals surface area contributed by atoms with Crippen molar-refractivity contribution in [1.82, 2.24) is 0 Å². The van der Waals surface area contributed by atoms with Gasteiger partial charge in [-0.25, -0.2) is 0 Å². The summed E-state index contributed by atoms with van der Waals surface area (Å²) in [7, 11) is 0. The highest BCUT2D eigenvalue weighted by Gasteiger charge is 2.72. The Labute approximate surface area is 268 Å². The Kier molecular flexibility index (Phi) is 7.66. The monoisotopic (exact) mass is 626 g/mol. The molecule has 6 aliphatic rings. The first-order chi connectivity index (χ1) is 20.8. The van der Waals surface area contributed by atoms with Gasteiger partial charge in [-0.3, -0.25) is 14.4 Å². The molecule has 2 aliphatic heterocycles. The number of aliphatic hydroxyl groups is 1. The minimum absolute atomic E-state index is 0.0380. The lowest BCUT2D eigenvalue weighted by Gasteiger charge is -2.67. The zero-order chi connectivity index (χ0) is 33.1. The van der Waals surface area contributed by atoms with Crippen LogP contribution in [0.15, 0.2) is 23.8 Å². The molecule has 1 N–H and O–H groups in total. The zero-order valence-corrected chi connectivity index (χ0v) is 28.8. The number of ether oxygens (including phenoxy) is 4. The van der Waals surface area contributed by atoms with Gasteiger partial charge in [0.15, 0.2) is 12.1 Å². The topological polar surface area (TPSA) is 112 Å². The van der Waals surface area contributed by atoms with Crippen LogP contribution in [-0.4, -0.2) is 59.1 Å². The molecule has 0 aromatic rings. The first-order valence-electron chi connectivity index (χ1n) is 17.2. The Hall–Kier alpha value is -2.03. The van der Waals surface area contributed by atoms with Crippen LogP contribution in [0.25, 0.3) is 0 Å². The Morgan fingerprint density at radius 1 is 1.09 bits per heavy atom. The van der Waals surface area contributed by atoms with Gasteiger partial charge in [0.05, 0.1) is 17.6 Å². The average molecular weight is 627 g/mol. The second-order valence-corrected chi connectivity index (χ2v) is 16.9. The summed E-state index contributed by atoms with van der Waals surface area (Å²) in [6.45, 7) is 20.1. The van der Waals surface area contributed by atoms with Crippen LogP contribution in [0.5, 0.6) is 0 Å². The summed E-state index contributed by atoms with van der Waals surface area (Å²) in [5.41, 5.74) is -1.34. The highest BCUT2D eigenvalue weighted by molar-refractivity contribution is 5.95. The van der Waals surface area contributed by atoms with Crippen molar-refractivity contribution in [2.75, 3.05) is 0 Å². The Morgan fingerprint density at radius 2 is 1.76 bits per heavy atom. The molecule has 8 nitrogen and oxygen atoms in total. The van der Waals surface area contributed by atoms with E-state index >= 15 is 0 Å². The quantitative estimate of drug-likeness (QED) is 0.219. The number of epoxide rings is 1. The van der Waals surface area contributed by atoms with Gasteiger partial charge in [0.2, 0.25) is 0 Å². The molecule has 250 valence electrons. The Balaban J connectivity index is 1.46. The summed E-state index contributed by atoms with van der Waals surface area (Å²) in [4.78, 5) is 39.7. The molecule has 6 rings (SSSR count). The number of rotatable bonds is 6. The predicted molar refractivity (Wildman–Crippen MR) is 167 cm³/mol. The largest absolute Gasteiger partial charge is 0.462 e. The normalized spacial score (nSPS) is 48.0. The first kappa shape index (κ1) is 32.9. The molecule has 2 heterocycles. The van der Waals surface area contributed by atoms with Crippen molar-refractivity contribution in [2.45, 2.75) is 138 Å². The third-order valence-electron chi connectivity index (χ3n) is 13.6. The number of hydrogen-bond donors (Lipinski definition) is 1. The predicted octanol–water partition coefficient (Wildman–Crippen LogP) is 5.95. The number of fused-ring (bicyclic) bond motifs is 5. The minimum Gasteiger partial charge on any atom is -0.462 e. The molecular weight excluding hydrogens is 572 g/mol. The summed E-state index contributed by atoms with van der Waals surface area (Å²) in [6.07, 6.45) is 7.22. The van der Waals surface area contributed by atoms with Gasteiger partial charge < -0.3 is 24.1 Å². The lowest BCUT2D eigenvalue weighted by molar-refractivity contribution is -0.221. The van der Waals surface area contributed by atoms with E-state index in [1.54, 1.807) is 6.08 Å². The summed E-state index contributed by atoms with van der Waals surface area (Å²) in [6, 6.07) is 0. The molecule has 0 aromatic heterocycles. The molecule has 8 heteroatoms. The van der Waals surface area contributed by atoms with E-state index in [1.807, 2.05) is 27.7 Å². The van der Waals surface area contributed by atoms with Gasteiger partial charge in [-0.1, -0.05) is 66.2 Å². The highest BCUT2D eigenvalue weighted by atomic mass is 16.7. The number of carbonyl (C=O) groups excluding carboxylic acids is 3. The Morgan fingerprint density at radius 3 is 2.36 bits per heavy atom. The van der Waals surface area contributed by atoms with Crippen molar-refractivity contribution < 1.29 is 38.4 Å². The first-order valence-corrected chi connectivity index (χ1v) is 17.2. The van der Waals surface area contributed by atoms with Crippen molar-refractivity contribution >= 4 is 17.7 Å². The van der Waals surface area contributed by atoms with Gasteiger partial charge in [-0.2, -0.15) is 0 Å². The summed E-state index contributed by atoms with van der Waals surface area (Å²) < 4.78 is 24.9. The second-order valence-electron chi connectivity index (χ2n) is 16.9. The van der Waals surface area contributed by atoms with E-state index in [9.17, 15) is 19.5 Å². The van der Waals surface area contributed by atoms with E-state index in [2.05, 4.69) is 46.8 Å². The number of aliphatic hydroxyl groups excluding tert-OH is 1. The maximum absolute atomic E-state index is 13.6. The van der Waals surface area contributed by atoms with Crippen molar-refractivity contribution in [3.8, 4) is 0 Å².